The average molecular weight is 324 g/mol. The predicted molar refractivity (Wildman–Crippen MR) is 78.3 cm³/mol. The number of hydrogen-bond donors (Lipinski definition) is 1. The Balaban J connectivity index is 1.77. The minimum absolute atomic E-state index is 0.120. The molecule has 4 heteroatoms. The van der Waals surface area contributed by atoms with Gasteiger partial charge in [0.1, 0.15) is 0 Å². The molecule has 2 atom stereocenters. The number of benzene rings is 1. The van der Waals surface area contributed by atoms with Crippen molar-refractivity contribution in [3.63, 3.8) is 0 Å². The van der Waals surface area contributed by atoms with Gasteiger partial charge in [-0.15, -0.1) is 0 Å². The highest BCUT2D eigenvalue weighted by molar-refractivity contribution is 9.10. The van der Waals surface area contributed by atoms with E-state index in [-0.39, 0.29) is 5.92 Å². The Hall–Kier alpha value is -1.03. The van der Waals surface area contributed by atoms with Crippen LogP contribution in [-0.2, 0) is 4.79 Å². The van der Waals surface area contributed by atoms with Crippen LogP contribution >= 0.6 is 15.9 Å². The molecule has 102 valence electrons. The molecule has 0 aromatic heterocycles. The molecule has 3 rings (SSSR count). The van der Waals surface area contributed by atoms with E-state index in [4.69, 9.17) is 0 Å². The van der Waals surface area contributed by atoms with E-state index in [2.05, 4.69) is 39.0 Å². The summed E-state index contributed by atoms with van der Waals surface area (Å²) in [5.41, 5.74) is 1.24. The number of carboxylic acids is 1. The molecule has 3 nitrogen and oxygen atoms in total. The first-order chi connectivity index (χ1) is 9.13. The van der Waals surface area contributed by atoms with Crippen molar-refractivity contribution in [1.29, 1.82) is 0 Å². The Kier molecular flexibility index (Phi) is 3.52. The normalized spacial score (nSPS) is 30.2. The number of rotatable bonds is 2. The number of halogens is 1. The molecule has 1 N–H and O–H groups in total. The van der Waals surface area contributed by atoms with Crippen molar-refractivity contribution in [2.45, 2.75) is 19.3 Å². The van der Waals surface area contributed by atoms with Gasteiger partial charge in [0, 0.05) is 17.6 Å². The highest BCUT2D eigenvalue weighted by atomic mass is 79.9. The zero-order chi connectivity index (χ0) is 13.4. The summed E-state index contributed by atoms with van der Waals surface area (Å²) in [4.78, 5) is 13.6. The Morgan fingerprint density at radius 3 is 2.37 bits per heavy atom. The van der Waals surface area contributed by atoms with Crippen molar-refractivity contribution in [3.8, 4) is 0 Å². The van der Waals surface area contributed by atoms with E-state index in [0.29, 0.717) is 11.8 Å². The largest absolute Gasteiger partial charge is 0.481 e. The van der Waals surface area contributed by atoms with Crippen molar-refractivity contribution in [3.05, 3.63) is 28.7 Å². The first-order valence-corrected chi connectivity index (χ1v) is 7.65. The van der Waals surface area contributed by atoms with Crippen LogP contribution in [0.15, 0.2) is 28.7 Å². The minimum Gasteiger partial charge on any atom is -0.481 e. The van der Waals surface area contributed by atoms with Gasteiger partial charge < -0.3 is 10.0 Å². The number of carboxylic acid groups (broad SMARTS) is 1. The fourth-order valence-corrected chi connectivity index (χ4v) is 4.20. The highest BCUT2D eigenvalue weighted by Crippen LogP contribution is 2.40. The number of aliphatic carboxylic acids is 1. The summed E-state index contributed by atoms with van der Waals surface area (Å²) in [6.45, 7) is 1.98. The Labute approximate surface area is 121 Å². The third kappa shape index (κ3) is 2.64. The summed E-state index contributed by atoms with van der Waals surface area (Å²) < 4.78 is 1.13. The molecule has 2 bridgehead atoms. The van der Waals surface area contributed by atoms with E-state index >= 15 is 0 Å². The van der Waals surface area contributed by atoms with Crippen molar-refractivity contribution < 1.29 is 9.90 Å². The third-order valence-corrected chi connectivity index (χ3v) is 5.07. The Morgan fingerprint density at radius 1 is 1.16 bits per heavy atom. The highest BCUT2D eigenvalue weighted by Gasteiger charge is 2.38. The van der Waals surface area contributed by atoms with E-state index in [1.54, 1.807) is 0 Å². The van der Waals surface area contributed by atoms with Crippen LogP contribution in [0.25, 0.3) is 0 Å². The molecule has 0 spiro atoms. The molecule has 2 fully saturated rings. The van der Waals surface area contributed by atoms with E-state index in [0.717, 1.165) is 30.4 Å². The molecule has 19 heavy (non-hydrogen) atoms. The predicted octanol–water partition coefficient (Wildman–Crippen LogP) is 3.39. The SMILES string of the molecule is O=C(O)C1CC2CC(C1)CN(c1ccccc1Br)C2. The summed E-state index contributed by atoms with van der Waals surface area (Å²) in [5.74, 6) is 0.329. The molecular weight excluding hydrogens is 306 g/mol. The smallest absolute Gasteiger partial charge is 0.306 e. The molecule has 0 amide bonds. The van der Waals surface area contributed by atoms with Crippen molar-refractivity contribution in [2.24, 2.45) is 17.8 Å². The second kappa shape index (κ2) is 5.16. The van der Waals surface area contributed by atoms with Crippen LogP contribution in [0.2, 0.25) is 0 Å². The molecule has 1 aliphatic heterocycles. The number of fused-ring (bicyclic) bond motifs is 2. The second-order valence-electron chi connectivity index (χ2n) is 5.83. The number of carbonyl (C=O) groups is 1. The van der Waals surface area contributed by atoms with E-state index in [9.17, 15) is 9.90 Å². The number of piperidine rings is 1. The van der Waals surface area contributed by atoms with Crippen LogP contribution in [0.3, 0.4) is 0 Å². The summed E-state index contributed by atoms with van der Waals surface area (Å²) in [6, 6.07) is 8.29. The number of hydrogen-bond acceptors (Lipinski definition) is 2. The lowest BCUT2D eigenvalue weighted by atomic mass is 9.72. The van der Waals surface area contributed by atoms with Crippen LogP contribution in [0.1, 0.15) is 19.3 Å². The van der Waals surface area contributed by atoms with Gasteiger partial charge in [0.2, 0.25) is 0 Å². The fourth-order valence-electron chi connectivity index (χ4n) is 3.67. The van der Waals surface area contributed by atoms with Crippen molar-refractivity contribution in [1.82, 2.24) is 0 Å². The van der Waals surface area contributed by atoms with E-state index < -0.39 is 5.97 Å². The number of para-hydroxylation sites is 1. The summed E-state index contributed by atoms with van der Waals surface area (Å²) >= 11 is 3.61. The van der Waals surface area contributed by atoms with Crippen LogP contribution in [0, 0.1) is 17.8 Å². The topological polar surface area (TPSA) is 40.5 Å². The lowest BCUT2D eigenvalue weighted by molar-refractivity contribution is -0.144. The van der Waals surface area contributed by atoms with Crippen molar-refractivity contribution in [2.75, 3.05) is 18.0 Å². The van der Waals surface area contributed by atoms with Gasteiger partial charge in [-0.25, -0.2) is 0 Å². The second-order valence-corrected chi connectivity index (χ2v) is 6.69. The molecule has 2 aliphatic rings. The van der Waals surface area contributed by atoms with Crippen LogP contribution in [0.4, 0.5) is 5.69 Å². The van der Waals surface area contributed by atoms with Crippen LogP contribution in [0.5, 0.6) is 0 Å². The van der Waals surface area contributed by atoms with E-state index in [1.807, 2.05) is 6.07 Å². The van der Waals surface area contributed by atoms with Crippen molar-refractivity contribution >= 4 is 27.6 Å². The molecule has 1 aromatic carbocycles. The molecule has 1 saturated heterocycles. The monoisotopic (exact) mass is 323 g/mol. The van der Waals surface area contributed by atoms with Gasteiger partial charge in [-0.2, -0.15) is 0 Å². The van der Waals surface area contributed by atoms with Gasteiger partial charge in [-0.05, 0) is 59.2 Å². The molecule has 1 saturated carbocycles. The lowest BCUT2D eigenvalue weighted by Crippen LogP contribution is -2.46. The summed E-state index contributed by atoms with van der Waals surface area (Å²) in [7, 11) is 0. The Bertz CT molecular complexity index is 477. The minimum atomic E-state index is -0.607. The van der Waals surface area contributed by atoms with Gasteiger partial charge in [-0.1, -0.05) is 12.1 Å². The van der Waals surface area contributed by atoms with E-state index in [1.165, 1.54) is 12.1 Å². The first kappa shape index (κ1) is 13.0. The van der Waals surface area contributed by atoms with Crippen LogP contribution in [-0.4, -0.2) is 24.2 Å². The van der Waals surface area contributed by atoms with Gasteiger partial charge >= 0.3 is 5.97 Å². The summed E-state index contributed by atoms with van der Waals surface area (Å²) in [5, 5.41) is 9.20. The average Bonchev–Trinajstić information content (AvgIpc) is 2.38. The molecule has 0 radical (unpaired) electrons. The fraction of sp³-hybridized carbons (Fsp3) is 0.533. The standard InChI is InChI=1S/C15H18BrNO2/c16-13-3-1-2-4-14(13)17-8-10-5-11(9-17)7-12(6-10)15(18)19/h1-4,10-12H,5-9H2,(H,18,19). The van der Waals surface area contributed by atoms with Gasteiger partial charge in [-0.3, -0.25) is 4.79 Å². The number of nitrogens with zero attached hydrogens (tertiary/aromatic N) is 1. The molecule has 2 unspecified atom stereocenters. The maximum atomic E-state index is 11.2. The molecule has 1 aromatic rings. The first-order valence-electron chi connectivity index (χ1n) is 6.85. The van der Waals surface area contributed by atoms with Gasteiger partial charge in [0.25, 0.3) is 0 Å². The molecule has 1 aliphatic carbocycles. The lowest BCUT2D eigenvalue weighted by Gasteiger charge is -2.44. The maximum absolute atomic E-state index is 11.2. The zero-order valence-corrected chi connectivity index (χ0v) is 12.3. The molecular formula is C15H18BrNO2. The van der Waals surface area contributed by atoms with Crippen LogP contribution < -0.4 is 4.90 Å². The quantitative estimate of drug-likeness (QED) is 0.907. The number of anilines is 1. The Morgan fingerprint density at radius 2 is 1.79 bits per heavy atom. The van der Waals surface area contributed by atoms with Gasteiger partial charge in [0.15, 0.2) is 0 Å². The third-order valence-electron chi connectivity index (χ3n) is 4.40. The van der Waals surface area contributed by atoms with Gasteiger partial charge in [0.05, 0.1) is 11.6 Å². The summed E-state index contributed by atoms with van der Waals surface area (Å²) in [6.07, 6.45) is 2.88. The maximum Gasteiger partial charge on any atom is 0.306 e. The molecule has 1 heterocycles. The zero-order valence-electron chi connectivity index (χ0n) is 10.8.